The summed E-state index contributed by atoms with van der Waals surface area (Å²) >= 11 is 0. The molecule has 0 aliphatic carbocycles. The molecule has 140 valence electrons. The second-order valence-electron chi connectivity index (χ2n) is 6.12. The molecule has 1 saturated heterocycles. The van der Waals surface area contributed by atoms with Gasteiger partial charge in [0.2, 0.25) is 5.91 Å². The topological polar surface area (TPSA) is 78.8 Å². The lowest BCUT2D eigenvalue weighted by Gasteiger charge is -2.17. The van der Waals surface area contributed by atoms with Crippen molar-refractivity contribution in [2.24, 2.45) is 4.40 Å². The lowest BCUT2D eigenvalue weighted by molar-refractivity contribution is -0.111. The van der Waals surface area contributed by atoms with Crippen LogP contribution >= 0.6 is 0 Å². The highest BCUT2D eigenvalue weighted by molar-refractivity contribution is 7.90. The molecular weight excluding hydrogens is 350 g/mol. The van der Waals surface area contributed by atoms with E-state index in [0.29, 0.717) is 17.9 Å². The van der Waals surface area contributed by atoms with Crippen molar-refractivity contribution < 1.29 is 13.2 Å². The van der Waals surface area contributed by atoms with Gasteiger partial charge < -0.3 is 10.2 Å². The minimum atomic E-state index is -3.82. The summed E-state index contributed by atoms with van der Waals surface area (Å²) in [6.07, 6.45) is 10.2. The SMILES string of the molecule is CC=CC=CC(=O)Nc1cccc(S(=O)(=O)N=C2CCCCCN2C)c1. The molecule has 2 rings (SSSR count). The molecule has 1 heterocycles. The average Bonchev–Trinajstić information content (AvgIpc) is 2.80. The van der Waals surface area contributed by atoms with Crippen LogP contribution in [0.2, 0.25) is 0 Å². The van der Waals surface area contributed by atoms with E-state index in [1.54, 1.807) is 30.4 Å². The van der Waals surface area contributed by atoms with Crippen LogP contribution in [-0.4, -0.2) is 38.7 Å². The zero-order valence-corrected chi connectivity index (χ0v) is 16.0. The van der Waals surface area contributed by atoms with Crippen LogP contribution in [0.5, 0.6) is 0 Å². The fourth-order valence-corrected chi connectivity index (χ4v) is 3.75. The monoisotopic (exact) mass is 375 g/mol. The van der Waals surface area contributed by atoms with Gasteiger partial charge in [0, 0.05) is 31.8 Å². The van der Waals surface area contributed by atoms with Crippen molar-refractivity contribution in [2.45, 2.75) is 37.5 Å². The molecule has 0 bridgehead atoms. The molecule has 0 unspecified atom stereocenters. The van der Waals surface area contributed by atoms with Crippen molar-refractivity contribution in [2.75, 3.05) is 18.9 Å². The van der Waals surface area contributed by atoms with Gasteiger partial charge in [0.1, 0.15) is 5.84 Å². The normalized spacial score (nSPS) is 17.8. The van der Waals surface area contributed by atoms with E-state index in [1.165, 1.54) is 18.2 Å². The Hall–Kier alpha value is -2.41. The molecule has 1 N–H and O–H groups in total. The molecule has 1 fully saturated rings. The number of hydrogen-bond donors (Lipinski definition) is 1. The minimum absolute atomic E-state index is 0.0675. The number of nitrogens with zero attached hydrogens (tertiary/aromatic N) is 2. The standard InChI is InChI=1S/C19H25N3O3S/c1-3-4-6-13-19(23)20-16-10-9-11-17(15-16)26(24,25)21-18-12-7-5-8-14-22(18)2/h3-4,6,9-11,13,15H,5,7-8,12,14H2,1-2H3,(H,20,23). The molecular formula is C19H25N3O3S. The highest BCUT2D eigenvalue weighted by atomic mass is 32.2. The summed E-state index contributed by atoms with van der Waals surface area (Å²) in [4.78, 5) is 13.8. The van der Waals surface area contributed by atoms with Crippen molar-refractivity contribution in [1.82, 2.24) is 4.90 Å². The molecule has 0 radical (unpaired) electrons. The van der Waals surface area contributed by atoms with E-state index in [9.17, 15) is 13.2 Å². The fourth-order valence-electron chi connectivity index (χ4n) is 2.61. The molecule has 0 aromatic heterocycles. The first-order valence-electron chi connectivity index (χ1n) is 8.68. The molecule has 1 aromatic rings. The van der Waals surface area contributed by atoms with Gasteiger partial charge in [-0.3, -0.25) is 4.79 Å². The van der Waals surface area contributed by atoms with Gasteiger partial charge in [-0.15, -0.1) is 4.40 Å². The van der Waals surface area contributed by atoms with Gasteiger partial charge in [0.15, 0.2) is 0 Å². The second kappa shape index (κ2) is 9.33. The van der Waals surface area contributed by atoms with Crippen molar-refractivity contribution in [1.29, 1.82) is 0 Å². The van der Waals surface area contributed by atoms with E-state index in [1.807, 2.05) is 18.9 Å². The Balaban J connectivity index is 2.21. The van der Waals surface area contributed by atoms with E-state index < -0.39 is 10.0 Å². The molecule has 26 heavy (non-hydrogen) atoms. The van der Waals surface area contributed by atoms with Crippen LogP contribution in [0.4, 0.5) is 5.69 Å². The van der Waals surface area contributed by atoms with E-state index >= 15 is 0 Å². The number of carbonyl (C=O) groups excluding carboxylic acids is 1. The summed E-state index contributed by atoms with van der Waals surface area (Å²) < 4.78 is 29.4. The third kappa shape index (κ3) is 5.84. The molecule has 1 aromatic carbocycles. The van der Waals surface area contributed by atoms with Gasteiger partial charge >= 0.3 is 0 Å². The number of amidine groups is 1. The van der Waals surface area contributed by atoms with Crippen molar-refractivity contribution in [3.63, 3.8) is 0 Å². The zero-order chi connectivity index (χ0) is 19.0. The number of likely N-dealkylation sites (tertiary alicyclic amines) is 1. The lowest BCUT2D eigenvalue weighted by atomic mass is 10.2. The third-order valence-electron chi connectivity index (χ3n) is 4.01. The molecule has 0 atom stereocenters. The highest BCUT2D eigenvalue weighted by Crippen LogP contribution is 2.20. The number of allylic oxidation sites excluding steroid dienone is 3. The van der Waals surface area contributed by atoms with Gasteiger partial charge in [0.05, 0.1) is 4.90 Å². The maximum Gasteiger partial charge on any atom is 0.284 e. The Morgan fingerprint density at radius 2 is 2.04 bits per heavy atom. The maximum absolute atomic E-state index is 12.7. The van der Waals surface area contributed by atoms with Crippen LogP contribution in [0, 0.1) is 0 Å². The van der Waals surface area contributed by atoms with Crippen molar-refractivity contribution in [3.8, 4) is 0 Å². The Kier molecular flexibility index (Phi) is 7.15. The van der Waals surface area contributed by atoms with E-state index in [4.69, 9.17) is 0 Å². The number of sulfonamides is 1. The Morgan fingerprint density at radius 3 is 2.81 bits per heavy atom. The van der Waals surface area contributed by atoms with Gasteiger partial charge in [0.25, 0.3) is 10.0 Å². The first kappa shape index (κ1) is 19.9. The molecule has 1 aliphatic rings. The van der Waals surface area contributed by atoms with Crippen LogP contribution in [0.15, 0.2) is 57.9 Å². The van der Waals surface area contributed by atoms with E-state index in [0.717, 1.165) is 25.8 Å². The Morgan fingerprint density at radius 1 is 1.23 bits per heavy atom. The number of nitrogens with one attached hydrogen (secondary N) is 1. The first-order valence-corrected chi connectivity index (χ1v) is 10.1. The fraction of sp³-hybridized carbons (Fsp3) is 0.368. The van der Waals surface area contributed by atoms with Crippen LogP contribution < -0.4 is 5.32 Å². The summed E-state index contributed by atoms with van der Waals surface area (Å²) in [5, 5.41) is 2.65. The van der Waals surface area contributed by atoms with E-state index in [2.05, 4.69) is 9.71 Å². The maximum atomic E-state index is 12.7. The van der Waals surface area contributed by atoms with Gasteiger partial charge in [-0.2, -0.15) is 8.42 Å². The molecule has 7 heteroatoms. The second-order valence-corrected chi connectivity index (χ2v) is 7.72. The summed E-state index contributed by atoms with van der Waals surface area (Å²) in [6.45, 7) is 2.66. The van der Waals surface area contributed by atoms with Crippen molar-refractivity contribution in [3.05, 3.63) is 48.6 Å². The number of benzene rings is 1. The number of rotatable bonds is 5. The van der Waals surface area contributed by atoms with Gasteiger partial charge in [-0.05, 0) is 38.0 Å². The van der Waals surface area contributed by atoms with Crippen molar-refractivity contribution >= 4 is 27.5 Å². The number of hydrogen-bond acceptors (Lipinski definition) is 3. The van der Waals surface area contributed by atoms with Crippen LogP contribution in [0.3, 0.4) is 0 Å². The summed E-state index contributed by atoms with van der Waals surface area (Å²) in [5.74, 6) is 0.263. The largest absolute Gasteiger partial charge is 0.362 e. The highest BCUT2D eigenvalue weighted by Gasteiger charge is 2.18. The first-order chi connectivity index (χ1) is 12.4. The third-order valence-corrected chi connectivity index (χ3v) is 5.31. The Labute approximate surface area is 155 Å². The number of anilines is 1. The summed E-state index contributed by atoms with van der Waals surface area (Å²) in [7, 11) is -1.95. The smallest absolute Gasteiger partial charge is 0.284 e. The molecule has 0 saturated carbocycles. The molecule has 1 aliphatic heterocycles. The molecule has 0 spiro atoms. The average molecular weight is 375 g/mol. The lowest BCUT2D eigenvalue weighted by Crippen LogP contribution is -2.26. The molecule has 6 nitrogen and oxygen atoms in total. The van der Waals surface area contributed by atoms with Gasteiger partial charge in [-0.1, -0.05) is 30.7 Å². The summed E-state index contributed by atoms with van der Waals surface area (Å²) in [5.41, 5.74) is 0.413. The van der Waals surface area contributed by atoms with Gasteiger partial charge in [-0.25, -0.2) is 0 Å². The quantitative estimate of drug-likeness (QED) is 0.632. The summed E-state index contributed by atoms with van der Waals surface area (Å²) in [6, 6.07) is 6.15. The predicted octanol–water partition coefficient (Wildman–Crippen LogP) is 3.35. The van der Waals surface area contributed by atoms with E-state index in [-0.39, 0.29) is 10.8 Å². The zero-order valence-electron chi connectivity index (χ0n) is 15.2. The predicted molar refractivity (Wildman–Crippen MR) is 105 cm³/mol. The van der Waals surface area contributed by atoms with Crippen LogP contribution in [0.25, 0.3) is 0 Å². The van der Waals surface area contributed by atoms with Crippen LogP contribution in [-0.2, 0) is 14.8 Å². The Bertz CT molecular complexity index is 826. The minimum Gasteiger partial charge on any atom is -0.362 e. The molecule has 1 amide bonds. The number of amides is 1. The number of carbonyl (C=O) groups is 1. The van der Waals surface area contributed by atoms with Crippen LogP contribution in [0.1, 0.15) is 32.6 Å².